The van der Waals surface area contributed by atoms with E-state index in [1.54, 1.807) is 6.07 Å². The van der Waals surface area contributed by atoms with E-state index in [1.807, 2.05) is 22.6 Å². The first-order valence-electron chi connectivity index (χ1n) is 8.56. The molecule has 24 heavy (non-hydrogen) atoms. The quantitative estimate of drug-likeness (QED) is 0.400. The summed E-state index contributed by atoms with van der Waals surface area (Å²) >= 11 is 2.03. The number of benzene rings is 1. The highest BCUT2D eigenvalue weighted by molar-refractivity contribution is 14.1. The van der Waals surface area contributed by atoms with Gasteiger partial charge >= 0.3 is 5.69 Å². The van der Waals surface area contributed by atoms with Crippen molar-refractivity contribution in [3.8, 4) is 5.75 Å². The van der Waals surface area contributed by atoms with Crippen molar-refractivity contribution >= 4 is 34.1 Å². The van der Waals surface area contributed by atoms with Crippen molar-refractivity contribution in [1.82, 2.24) is 0 Å². The van der Waals surface area contributed by atoms with Crippen molar-refractivity contribution in [2.45, 2.75) is 51.4 Å². The molecule has 0 heterocycles. The van der Waals surface area contributed by atoms with Crippen LogP contribution >= 0.6 is 22.6 Å². The minimum absolute atomic E-state index is 0.161. The molecule has 128 valence electrons. The number of hydrogen-bond acceptors (Lipinski definition) is 4. The van der Waals surface area contributed by atoms with E-state index in [1.165, 1.54) is 0 Å². The normalized spacial score (nSPS) is 34.4. The Bertz CT molecular complexity index is 762. The van der Waals surface area contributed by atoms with Crippen LogP contribution in [-0.2, 0) is 11.2 Å². The first-order valence-corrected chi connectivity index (χ1v) is 9.64. The number of carbonyl (C=O) groups is 1. The fourth-order valence-corrected chi connectivity index (χ4v) is 6.83. The number of rotatable bonds is 1. The molecule has 0 aromatic heterocycles. The van der Waals surface area contributed by atoms with E-state index < -0.39 is 4.92 Å². The molecule has 4 rings (SSSR count). The number of hydrogen-bond donors (Lipinski definition) is 1. The Morgan fingerprint density at radius 3 is 2.79 bits per heavy atom. The van der Waals surface area contributed by atoms with Crippen LogP contribution in [0.4, 0.5) is 5.69 Å². The average molecular weight is 441 g/mol. The van der Waals surface area contributed by atoms with Gasteiger partial charge < -0.3 is 5.11 Å². The van der Waals surface area contributed by atoms with Gasteiger partial charge in [0.2, 0.25) is 0 Å². The van der Waals surface area contributed by atoms with E-state index >= 15 is 0 Å². The molecule has 1 aromatic carbocycles. The van der Waals surface area contributed by atoms with Crippen LogP contribution in [0.25, 0.3) is 0 Å². The van der Waals surface area contributed by atoms with E-state index in [2.05, 4.69) is 6.92 Å². The molecular weight excluding hydrogens is 421 g/mol. The first-order chi connectivity index (χ1) is 11.3. The molecule has 1 aromatic rings. The van der Waals surface area contributed by atoms with E-state index in [0.29, 0.717) is 27.6 Å². The average Bonchev–Trinajstić information content (AvgIpc) is 2.82. The molecule has 0 aliphatic heterocycles. The van der Waals surface area contributed by atoms with Crippen molar-refractivity contribution in [2.75, 3.05) is 0 Å². The van der Waals surface area contributed by atoms with Crippen molar-refractivity contribution in [3.63, 3.8) is 0 Å². The van der Waals surface area contributed by atoms with Gasteiger partial charge in [-0.1, -0.05) is 6.92 Å². The minimum atomic E-state index is -0.479. The van der Waals surface area contributed by atoms with Gasteiger partial charge in [-0.25, -0.2) is 0 Å². The van der Waals surface area contributed by atoms with Gasteiger partial charge in [-0.3, -0.25) is 14.9 Å². The summed E-state index contributed by atoms with van der Waals surface area (Å²) in [5.74, 6) is 1.30. The summed E-state index contributed by atoms with van der Waals surface area (Å²) in [5, 5.41) is 21.4. The van der Waals surface area contributed by atoms with Crippen LogP contribution in [0, 0.1) is 30.9 Å². The van der Waals surface area contributed by atoms with Crippen molar-refractivity contribution < 1.29 is 14.8 Å². The molecule has 2 fully saturated rings. The van der Waals surface area contributed by atoms with Gasteiger partial charge in [0.25, 0.3) is 0 Å². The maximum absolute atomic E-state index is 12.4. The van der Waals surface area contributed by atoms with Crippen molar-refractivity contribution in [3.05, 3.63) is 30.9 Å². The second-order valence-corrected chi connectivity index (χ2v) is 8.80. The van der Waals surface area contributed by atoms with Crippen molar-refractivity contribution in [1.29, 1.82) is 0 Å². The van der Waals surface area contributed by atoms with Crippen LogP contribution in [0.5, 0.6) is 5.75 Å². The van der Waals surface area contributed by atoms with Gasteiger partial charge in [-0.15, -0.1) is 0 Å². The van der Waals surface area contributed by atoms with Crippen LogP contribution in [0.3, 0.4) is 0 Å². The van der Waals surface area contributed by atoms with E-state index in [9.17, 15) is 20.0 Å². The number of ketones is 1. The molecule has 0 bridgehead atoms. The molecule has 1 N–H and O–H groups in total. The molecule has 5 nitrogen and oxygen atoms in total. The standard InChI is InChI=1S/C18H20INO4/c1-18-7-6-11-10(12(18)4-5-14(18)22)3-2-9-8-13(21)17(20(23)24)16(19)15(9)11/h8,10-12,21H,2-7H2,1H3/t10-,11+,12+,18+/m1/s1. The zero-order chi connectivity index (χ0) is 17.2. The zero-order valence-electron chi connectivity index (χ0n) is 13.5. The van der Waals surface area contributed by atoms with Crippen LogP contribution in [-0.4, -0.2) is 15.8 Å². The van der Waals surface area contributed by atoms with Crippen molar-refractivity contribution in [2.24, 2.45) is 17.3 Å². The summed E-state index contributed by atoms with van der Waals surface area (Å²) in [4.78, 5) is 23.3. The summed E-state index contributed by atoms with van der Waals surface area (Å²) in [6.45, 7) is 2.13. The van der Waals surface area contributed by atoms with Gasteiger partial charge in [-0.2, -0.15) is 0 Å². The number of carbonyl (C=O) groups excluding carboxylic acids is 1. The number of fused-ring (bicyclic) bond motifs is 5. The monoisotopic (exact) mass is 441 g/mol. The number of Topliss-reactive ketones (excluding diaryl/α,β-unsaturated/α-hetero) is 1. The predicted octanol–water partition coefficient (Wildman–Crippen LogP) is 4.33. The Kier molecular flexibility index (Phi) is 3.67. The fraction of sp³-hybridized carbons (Fsp3) is 0.611. The molecule has 3 aliphatic carbocycles. The second kappa shape index (κ2) is 5.41. The number of aromatic hydroxyl groups is 1. The van der Waals surface area contributed by atoms with E-state index in [-0.39, 0.29) is 22.8 Å². The lowest BCUT2D eigenvalue weighted by atomic mass is 9.55. The van der Waals surface area contributed by atoms with Crippen LogP contribution in [0.2, 0.25) is 0 Å². The Labute approximate surface area is 154 Å². The highest BCUT2D eigenvalue weighted by Crippen LogP contribution is 2.60. The first kappa shape index (κ1) is 16.3. The van der Waals surface area contributed by atoms with E-state index in [4.69, 9.17) is 0 Å². The Morgan fingerprint density at radius 1 is 1.33 bits per heavy atom. The third kappa shape index (κ3) is 2.07. The highest BCUT2D eigenvalue weighted by atomic mass is 127. The summed E-state index contributed by atoms with van der Waals surface area (Å²) < 4.78 is 0.593. The SMILES string of the molecule is C[C@]12CC[C@@H]3c4c(cc(O)c([N+](=O)[O-])c4I)CC[C@H]3[C@@H]1CCC2=O. The molecular formula is C18H20INO4. The van der Waals surface area contributed by atoms with Gasteiger partial charge in [0.15, 0.2) is 5.75 Å². The minimum Gasteiger partial charge on any atom is -0.502 e. The Morgan fingerprint density at radius 2 is 2.08 bits per heavy atom. The van der Waals surface area contributed by atoms with Gasteiger partial charge in [0.1, 0.15) is 5.78 Å². The maximum atomic E-state index is 12.4. The smallest absolute Gasteiger partial charge is 0.324 e. The number of nitro groups is 1. The van der Waals surface area contributed by atoms with Gasteiger partial charge in [-0.05, 0) is 89.6 Å². The third-order valence-electron chi connectivity index (χ3n) is 6.79. The highest BCUT2D eigenvalue weighted by Gasteiger charge is 2.55. The summed E-state index contributed by atoms with van der Waals surface area (Å²) in [7, 11) is 0. The third-order valence-corrected chi connectivity index (χ3v) is 7.88. The number of nitrogens with zero attached hydrogens (tertiary/aromatic N) is 1. The number of phenolic OH excluding ortho intramolecular Hbond substituents is 1. The van der Waals surface area contributed by atoms with Crippen LogP contribution in [0.15, 0.2) is 6.07 Å². The number of phenols is 1. The topological polar surface area (TPSA) is 80.4 Å². The number of halogens is 1. The molecule has 0 unspecified atom stereocenters. The van der Waals surface area contributed by atoms with Gasteiger partial charge in [0, 0.05) is 11.8 Å². The van der Waals surface area contributed by atoms with Crippen LogP contribution < -0.4 is 0 Å². The Balaban J connectivity index is 1.81. The second-order valence-electron chi connectivity index (χ2n) is 7.72. The van der Waals surface area contributed by atoms with Crippen LogP contribution in [0.1, 0.15) is 56.1 Å². The molecule has 3 aliphatic rings. The zero-order valence-corrected chi connectivity index (χ0v) is 15.7. The molecule has 2 saturated carbocycles. The summed E-state index contributed by atoms with van der Waals surface area (Å²) in [6.07, 6.45) is 5.28. The summed E-state index contributed by atoms with van der Waals surface area (Å²) in [5.41, 5.74) is 1.77. The molecule has 0 spiro atoms. The largest absolute Gasteiger partial charge is 0.502 e. The predicted molar refractivity (Wildman–Crippen MR) is 97.1 cm³/mol. The molecule has 0 amide bonds. The fourth-order valence-electron chi connectivity index (χ4n) is 5.62. The lowest BCUT2D eigenvalue weighted by Crippen LogP contribution is -2.42. The molecule has 4 atom stereocenters. The maximum Gasteiger partial charge on any atom is 0.324 e. The Hall–Kier alpha value is -1.18. The lowest BCUT2D eigenvalue weighted by molar-refractivity contribution is -0.386. The number of nitro benzene ring substituents is 1. The molecule has 0 saturated heterocycles. The number of aryl methyl sites for hydroxylation is 1. The van der Waals surface area contributed by atoms with E-state index in [0.717, 1.165) is 43.2 Å². The molecule has 0 radical (unpaired) electrons. The van der Waals surface area contributed by atoms with Gasteiger partial charge in [0.05, 0.1) is 8.49 Å². The molecule has 6 heteroatoms. The summed E-state index contributed by atoms with van der Waals surface area (Å²) in [6, 6.07) is 1.60. The lowest BCUT2D eigenvalue weighted by Gasteiger charge is -2.48.